The first kappa shape index (κ1) is 12.4. The molecule has 100 valence electrons. The van der Waals surface area contributed by atoms with Gasteiger partial charge in [0.15, 0.2) is 5.13 Å². The van der Waals surface area contributed by atoms with Crippen molar-refractivity contribution >= 4 is 16.5 Å². The van der Waals surface area contributed by atoms with Crippen molar-refractivity contribution in [3.63, 3.8) is 0 Å². The van der Waals surface area contributed by atoms with Crippen molar-refractivity contribution in [1.29, 1.82) is 0 Å². The molecule has 1 saturated carbocycles. The highest BCUT2D eigenvalue weighted by atomic mass is 32.1. The molecule has 1 aliphatic heterocycles. The third-order valence-corrected chi connectivity index (χ3v) is 4.97. The molecule has 2 aliphatic rings. The van der Waals surface area contributed by atoms with Gasteiger partial charge in [-0.1, -0.05) is 6.92 Å². The lowest BCUT2D eigenvalue weighted by atomic mass is 10.1. The molecule has 0 atom stereocenters. The molecule has 4 heteroatoms. The van der Waals surface area contributed by atoms with Gasteiger partial charge in [0.1, 0.15) is 0 Å². The Labute approximate surface area is 114 Å². The predicted octanol–water partition coefficient (Wildman–Crippen LogP) is 3.12. The van der Waals surface area contributed by atoms with Crippen LogP contribution in [0.25, 0.3) is 0 Å². The Morgan fingerprint density at radius 3 is 2.72 bits per heavy atom. The van der Waals surface area contributed by atoms with E-state index in [4.69, 9.17) is 4.98 Å². The molecular weight excluding hydrogens is 242 g/mol. The van der Waals surface area contributed by atoms with Crippen molar-refractivity contribution in [2.45, 2.75) is 51.5 Å². The van der Waals surface area contributed by atoms with Crippen LogP contribution in [0.3, 0.4) is 0 Å². The second-order valence-electron chi connectivity index (χ2n) is 5.41. The second kappa shape index (κ2) is 5.57. The largest absolute Gasteiger partial charge is 0.348 e. The number of nitrogens with one attached hydrogen (secondary N) is 1. The summed E-state index contributed by atoms with van der Waals surface area (Å²) in [5.41, 5.74) is 1.40. The normalized spacial score (nSPS) is 20.4. The maximum absolute atomic E-state index is 4.95. The molecule has 1 saturated heterocycles. The first-order valence-corrected chi connectivity index (χ1v) is 8.15. The summed E-state index contributed by atoms with van der Waals surface area (Å²) in [5.74, 6) is 0.772. The van der Waals surface area contributed by atoms with Crippen LogP contribution in [-0.4, -0.2) is 24.6 Å². The Kier molecular flexibility index (Phi) is 3.85. The fraction of sp³-hybridized carbons (Fsp3) is 0.786. The van der Waals surface area contributed by atoms with Crippen molar-refractivity contribution in [2.75, 3.05) is 24.5 Å². The van der Waals surface area contributed by atoms with Gasteiger partial charge < -0.3 is 10.2 Å². The first-order valence-electron chi connectivity index (χ1n) is 7.33. The smallest absolute Gasteiger partial charge is 0.185 e. The highest BCUT2D eigenvalue weighted by Gasteiger charge is 2.30. The standard InChI is InChI=1S/C14H23N3S/c1-2-15-10-12-13(11-6-7-11)16-14(18-12)17-8-4-3-5-9-17/h11,15H,2-10H2,1H3. The van der Waals surface area contributed by atoms with Crippen LogP contribution in [-0.2, 0) is 6.54 Å². The van der Waals surface area contributed by atoms with E-state index < -0.39 is 0 Å². The molecule has 3 nitrogen and oxygen atoms in total. The summed E-state index contributed by atoms with van der Waals surface area (Å²) >= 11 is 1.93. The van der Waals surface area contributed by atoms with Crippen LogP contribution in [0.4, 0.5) is 5.13 Å². The highest BCUT2D eigenvalue weighted by molar-refractivity contribution is 7.15. The molecule has 1 aromatic heterocycles. The summed E-state index contributed by atoms with van der Waals surface area (Å²) in [5, 5.41) is 4.74. The lowest BCUT2D eigenvalue weighted by Crippen LogP contribution is -2.29. The Balaban J connectivity index is 1.77. The maximum Gasteiger partial charge on any atom is 0.185 e. The predicted molar refractivity (Wildman–Crippen MR) is 77.5 cm³/mol. The highest BCUT2D eigenvalue weighted by Crippen LogP contribution is 2.44. The lowest BCUT2D eigenvalue weighted by molar-refractivity contribution is 0.576. The Bertz CT molecular complexity index is 392. The molecule has 3 rings (SSSR count). The summed E-state index contributed by atoms with van der Waals surface area (Å²) in [6, 6.07) is 0. The minimum atomic E-state index is 0.772. The van der Waals surface area contributed by atoms with Gasteiger partial charge in [0.25, 0.3) is 0 Å². The van der Waals surface area contributed by atoms with Crippen LogP contribution in [0.5, 0.6) is 0 Å². The van der Waals surface area contributed by atoms with Gasteiger partial charge in [-0.3, -0.25) is 0 Å². The molecule has 1 aliphatic carbocycles. The van der Waals surface area contributed by atoms with E-state index in [9.17, 15) is 0 Å². The fourth-order valence-corrected chi connectivity index (χ4v) is 3.78. The van der Waals surface area contributed by atoms with Crippen LogP contribution in [0, 0.1) is 0 Å². The third kappa shape index (κ3) is 2.69. The molecule has 0 unspecified atom stereocenters. The van der Waals surface area contributed by atoms with Gasteiger partial charge in [0.2, 0.25) is 0 Å². The molecule has 0 amide bonds. The van der Waals surface area contributed by atoms with Crippen molar-refractivity contribution in [3.8, 4) is 0 Å². The van der Waals surface area contributed by atoms with Crippen molar-refractivity contribution < 1.29 is 0 Å². The summed E-state index contributed by atoms with van der Waals surface area (Å²) in [4.78, 5) is 8.93. The van der Waals surface area contributed by atoms with Gasteiger partial charge in [-0.05, 0) is 38.6 Å². The van der Waals surface area contributed by atoms with Gasteiger partial charge in [-0.25, -0.2) is 4.98 Å². The molecule has 2 fully saturated rings. The third-order valence-electron chi connectivity index (χ3n) is 3.84. The van der Waals surface area contributed by atoms with Crippen LogP contribution in [0.2, 0.25) is 0 Å². The van der Waals surface area contributed by atoms with Gasteiger partial charge in [-0.2, -0.15) is 0 Å². The zero-order valence-corrected chi connectivity index (χ0v) is 12.1. The minimum absolute atomic E-state index is 0.772. The van der Waals surface area contributed by atoms with E-state index in [1.54, 1.807) is 0 Å². The van der Waals surface area contributed by atoms with Crippen LogP contribution in [0.1, 0.15) is 55.5 Å². The number of piperidine rings is 1. The van der Waals surface area contributed by atoms with Crippen molar-refractivity contribution in [2.24, 2.45) is 0 Å². The van der Waals surface area contributed by atoms with E-state index in [1.165, 1.54) is 60.9 Å². The first-order chi connectivity index (χ1) is 8.88. The zero-order valence-electron chi connectivity index (χ0n) is 11.2. The van der Waals surface area contributed by atoms with Crippen LogP contribution < -0.4 is 10.2 Å². The number of rotatable bonds is 5. The zero-order chi connectivity index (χ0) is 12.4. The fourth-order valence-electron chi connectivity index (χ4n) is 2.61. The lowest BCUT2D eigenvalue weighted by Gasteiger charge is -2.25. The van der Waals surface area contributed by atoms with Crippen molar-refractivity contribution in [3.05, 3.63) is 10.6 Å². The molecule has 0 radical (unpaired) electrons. The minimum Gasteiger partial charge on any atom is -0.348 e. The van der Waals surface area contributed by atoms with E-state index in [0.29, 0.717) is 0 Å². The number of hydrogen-bond acceptors (Lipinski definition) is 4. The Morgan fingerprint density at radius 1 is 1.28 bits per heavy atom. The Morgan fingerprint density at radius 2 is 2.06 bits per heavy atom. The van der Waals surface area contributed by atoms with Gasteiger partial charge >= 0.3 is 0 Å². The molecule has 0 spiro atoms. The van der Waals surface area contributed by atoms with E-state index in [2.05, 4.69) is 17.1 Å². The monoisotopic (exact) mass is 265 g/mol. The number of nitrogens with zero attached hydrogens (tertiary/aromatic N) is 2. The van der Waals surface area contributed by atoms with E-state index >= 15 is 0 Å². The van der Waals surface area contributed by atoms with E-state index in [0.717, 1.165) is 19.0 Å². The summed E-state index contributed by atoms with van der Waals surface area (Å²) in [6.07, 6.45) is 6.76. The number of aromatic nitrogens is 1. The summed E-state index contributed by atoms with van der Waals surface area (Å²) < 4.78 is 0. The number of anilines is 1. The van der Waals surface area contributed by atoms with E-state index in [1.807, 2.05) is 11.3 Å². The Hall–Kier alpha value is -0.610. The van der Waals surface area contributed by atoms with Gasteiger partial charge in [-0.15, -0.1) is 11.3 Å². The molecule has 0 aromatic carbocycles. The quantitative estimate of drug-likeness (QED) is 0.886. The van der Waals surface area contributed by atoms with E-state index in [-0.39, 0.29) is 0 Å². The van der Waals surface area contributed by atoms with Crippen LogP contribution in [0.15, 0.2) is 0 Å². The number of hydrogen-bond donors (Lipinski definition) is 1. The van der Waals surface area contributed by atoms with Gasteiger partial charge in [0.05, 0.1) is 5.69 Å². The average molecular weight is 265 g/mol. The topological polar surface area (TPSA) is 28.2 Å². The molecule has 1 aromatic rings. The molecule has 2 heterocycles. The molecule has 0 bridgehead atoms. The van der Waals surface area contributed by atoms with Crippen molar-refractivity contribution in [1.82, 2.24) is 10.3 Å². The number of thiazole rings is 1. The summed E-state index contributed by atoms with van der Waals surface area (Å²) in [7, 11) is 0. The molecular formula is C14H23N3S. The second-order valence-corrected chi connectivity index (χ2v) is 6.47. The average Bonchev–Trinajstić information content (AvgIpc) is 3.18. The summed E-state index contributed by atoms with van der Waals surface area (Å²) in [6.45, 7) is 6.63. The molecule has 18 heavy (non-hydrogen) atoms. The maximum atomic E-state index is 4.95. The van der Waals surface area contributed by atoms with Gasteiger partial charge in [0, 0.05) is 30.4 Å². The van der Waals surface area contributed by atoms with Crippen LogP contribution >= 0.6 is 11.3 Å². The SMILES string of the molecule is CCNCc1sc(N2CCCCC2)nc1C1CC1. The molecule has 1 N–H and O–H groups in total.